The fourth-order valence-corrected chi connectivity index (χ4v) is 2.93. The van der Waals surface area contributed by atoms with E-state index in [0.717, 1.165) is 18.7 Å². The second kappa shape index (κ2) is 5.35. The van der Waals surface area contributed by atoms with Crippen molar-refractivity contribution in [3.05, 3.63) is 23.8 Å². The highest BCUT2D eigenvalue weighted by atomic mass is 16.3. The SMILES string of the molecule is CN(C)CC1(O)CCN(C(=O)c2cnc(C3CC3)nc2)C1. The number of carbonyl (C=O) groups is 1. The molecule has 3 rings (SSSR count). The van der Waals surface area contributed by atoms with Gasteiger partial charge in [0.2, 0.25) is 0 Å². The van der Waals surface area contributed by atoms with Gasteiger partial charge in [0.25, 0.3) is 5.91 Å². The van der Waals surface area contributed by atoms with E-state index >= 15 is 0 Å². The monoisotopic (exact) mass is 290 g/mol. The van der Waals surface area contributed by atoms with Gasteiger partial charge in [0.1, 0.15) is 5.82 Å². The van der Waals surface area contributed by atoms with Gasteiger partial charge in [-0.3, -0.25) is 4.79 Å². The van der Waals surface area contributed by atoms with Gasteiger partial charge >= 0.3 is 0 Å². The summed E-state index contributed by atoms with van der Waals surface area (Å²) in [7, 11) is 3.85. The summed E-state index contributed by atoms with van der Waals surface area (Å²) in [6.07, 6.45) is 6.14. The van der Waals surface area contributed by atoms with E-state index in [1.165, 1.54) is 0 Å². The van der Waals surface area contributed by atoms with Crippen LogP contribution in [0.15, 0.2) is 12.4 Å². The third-order valence-electron chi connectivity index (χ3n) is 4.09. The molecule has 0 aromatic carbocycles. The second-order valence-corrected chi connectivity index (χ2v) is 6.54. The van der Waals surface area contributed by atoms with Gasteiger partial charge < -0.3 is 14.9 Å². The Morgan fingerprint density at radius 2 is 2.10 bits per heavy atom. The van der Waals surface area contributed by atoms with Crippen molar-refractivity contribution in [2.24, 2.45) is 0 Å². The number of carbonyl (C=O) groups excluding carboxylic acids is 1. The Kier molecular flexibility index (Phi) is 3.67. The van der Waals surface area contributed by atoms with E-state index in [2.05, 4.69) is 9.97 Å². The molecule has 6 nitrogen and oxygen atoms in total. The number of aromatic nitrogens is 2. The summed E-state index contributed by atoms with van der Waals surface area (Å²) in [5, 5.41) is 10.5. The van der Waals surface area contributed by atoms with Crippen LogP contribution in [0.1, 0.15) is 41.4 Å². The van der Waals surface area contributed by atoms with Crippen LogP contribution in [0.25, 0.3) is 0 Å². The van der Waals surface area contributed by atoms with Crippen LogP contribution in [0.2, 0.25) is 0 Å². The Labute approximate surface area is 124 Å². The molecular weight excluding hydrogens is 268 g/mol. The van der Waals surface area contributed by atoms with Crippen molar-refractivity contribution in [1.82, 2.24) is 19.8 Å². The Hall–Kier alpha value is -1.53. The molecule has 21 heavy (non-hydrogen) atoms. The van der Waals surface area contributed by atoms with Crippen LogP contribution in [-0.4, -0.2) is 70.1 Å². The van der Waals surface area contributed by atoms with Crippen molar-refractivity contribution in [3.8, 4) is 0 Å². The number of hydrogen-bond acceptors (Lipinski definition) is 5. The van der Waals surface area contributed by atoms with Crippen molar-refractivity contribution in [2.75, 3.05) is 33.7 Å². The van der Waals surface area contributed by atoms with Gasteiger partial charge in [0.05, 0.1) is 17.7 Å². The summed E-state index contributed by atoms with van der Waals surface area (Å²) in [5.41, 5.74) is -0.304. The molecule has 1 unspecified atom stereocenters. The van der Waals surface area contributed by atoms with E-state index in [1.54, 1.807) is 17.3 Å². The first kappa shape index (κ1) is 14.4. The standard InChI is InChI=1S/C15H22N4O2/c1-18(2)9-15(21)5-6-19(10-15)14(20)12-7-16-13(17-8-12)11-3-4-11/h7-8,11,21H,3-6,9-10H2,1-2H3. The first-order chi connectivity index (χ1) is 9.97. The number of likely N-dealkylation sites (N-methyl/N-ethyl adjacent to an activating group) is 1. The molecule has 1 amide bonds. The minimum Gasteiger partial charge on any atom is -0.387 e. The van der Waals surface area contributed by atoms with E-state index in [9.17, 15) is 9.90 Å². The summed E-state index contributed by atoms with van der Waals surface area (Å²) in [6.45, 7) is 1.51. The molecule has 1 aromatic heterocycles. The number of aliphatic hydroxyl groups is 1. The third-order valence-corrected chi connectivity index (χ3v) is 4.09. The van der Waals surface area contributed by atoms with Crippen molar-refractivity contribution in [1.29, 1.82) is 0 Å². The maximum atomic E-state index is 12.4. The highest BCUT2D eigenvalue weighted by molar-refractivity contribution is 5.93. The van der Waals surface area contributed by atoms with Crippen LogP contribution < -0.4 is 0 Å². The van der Waals surface area contributed by atoms with Gasteiger partial charge in [-0.2, -0.15) is 0 Å². The molecule has 6 heteroatoms. The molecule has 2 fully saturated rings. The van der Waals surface area contributed by atoms with Crippen LogP contribution >= 0.6 is 0 Å². The van der Waals surface area contributed by atoms with E-state index < -0.39 is 5.60 Å². The minimum absolute atomic E-state index is 0.0907. The second-order valence-electron chi connectivity index (χ2n) is 6.54. The van der Waals surface area contributed by atoms with Gasteiger partial charge in [-0.25, -0.2) is 9.97 Å². The Balaban J connectivity index is 1.65. The van der Waals surface area contributed by atoms with E-state index in [4.69, 9.17) is 0 Å². The van der Waals surface area contributed by atoms with Gasteiger partial charge in [0.15, 0.2) is 0 Å². The first-order valence-corrected chi connectivity index (χ1v) is 7.45. The molecule has 0 radical (unpaired) electrons. The molecule has 0 bridgehead atoms. The zero-order chi connectivity index (χ0) is 15.0. The highest BCUT2D eigenvalue weighted by Gasteiger charge is 2.39. The van der Waals surface area contributed by atoms with Crippen molar-refractivity contribution in [3.63, 3.8) is 0 Å². The van der Waals surface area contributed by atoms with Crippen molar-refractivity contribution in [2.45, 2.75) is 30.8 Å². The lowest BCUT2D eigenvalue weighted by Gasteiger charge is -2.26. The number of amides is 1. The molecule has 2 aliphatic rings. The van der Waals surface area contributed by atoms with Crippen LogP contribution in [0, 0.1) is 0 Å². The lowest BCUT2D eigenvalue weighted by Crippen LogP contribution is -2.43. The molecule has 2 heterocycles. The normalized spacial score (nSPS) is 25.6. The van der Waals surface area contributed by atoms with Crippen LogP contribution in [0.4, 0.5) is 0 Å². The Morgan fingerprint density at radius 3 is 2.67 bits per heavy atom. The van der Waals surface area contributed by atoms with E-state index in [1.807, 2.05) is 19.0 Å². The molecule has 1 aliphatic heterocycles. The third kappa shape index (κ3) is 3.22. The predicted molar refractivity (Wildman–Crippen MR) is 78.0 cm³/mol. The van der Waals surface area contributed by atoms with Gasteiger partial charge in [-0.05, 0) is 33.4 Å². The topological polar surface area (TPSA) is 69.6 Å². The fraction of sp³-hybridized carbons (Fsp3) is 0.667. The molecule has 1 saturated heterocycles. The summed E-state index contributed by atoms with van der Waals surface area (Å²) in [6, 6.07) is 0. The summed E-state index contributed by atoms with van der Waals surface area (Å²) in [5.74, 6) is 1.25. The van der Waals surface area contributed by atoms with Gasteiger partial charge in [-0.15, -0.1) is 0 Å². The van der Waals surface area contributed by atoms with Crippen LogP contribution in [0.5, 0.6) is 0 Å². The number of rotatable bonds is 4. The Morgan fingerprint density at radius 1 is 1.43 bits per heavy atom. The zero-order valence-corrected chi connectivity index (χ0v) is 12.6. The maximum Gasteiger partial charge on any atom is 0.257 e. The zero-order valence-electron chi connectivity index (χ0n) is 12.6. The van der Waals surface area contributed by atoms with Gasteiger partial charge in [0, 0.05) is 31.4 Å². The molecule has 1 saturated carbocycles. The first-order valence-electron chi connectivity index (χ1n) is 7.45. The predicted octanol–water partition coefficient (Wildman–Crippen LogP) is 0.493. The molecule has 1 aliphatic carbocycles. The summed E-state index contributed by atoms with van der Waals surface area (Å²) in [4.78, 5) is 24.7. The molecule has 1 atom stereocenters. The lowest BCUT2D eigenvalue weighted by atomic mass is 10.0. The fourth-order valence-electron chi connectivity index (χ4n) is 2.93. The molecular formula is C15H22N4O2. The summed E-state index contributed by atoms with van der Waals surface area (Å²) < 4.78 is 0. The van der Waals surface area contributed by atoms with Crippen LogP contribution in [0.3, 0.4) is 0 Å². The number of β-amino-alcohol motifs (C(OH)–C–C–N with tert-alkyl or cyclic N) is 1. The van der Waals surface area contributed by atoms with Crippen LogP contribution in [-0.2, 0) is 0 Å². The highest BCUT2D eigenvalue weighted by Crippen LogP contribution is 2.37. The molecule has 0 spiro atoms. The van der Waals surface area contributed by atoms with Crippen molar-refractivity contribution >= 4 is 5.91 Å². The average Bonchev–Trinajstić information content (AvgIpc) is 3.21. The average molecular weight is 290 g/mol. The number of nitrogens with zero attached hydrogens (tertiary/aromatic N) is 4. The van der Waals surface area contributed by atoms with Gasteiger partial charge in [-0.1, -0.05) is 0 Å². The van der Waals surface area contributed by atoms with Crippen molar-refractivity contribution < 1.29 is 9.90 Å². The molecule has 1 aromatic rings. The summed E-state index contributed by atoms with van der Waals surface area (Å²) >= 11 is 0. The quantitative estimate of drug-likeness (QED) is 0.874. The smallest absolute Gasteiger partial charge is 0.257 e. The maximum absolute atomic E-state index is 12.4. The van der Waals surface area contributed by atoms with E-state index in [-0.39, 0.29) is 5.91 Å². The largest absolute Gasteiger partial charge is 0.387 e. The number of hydrogen-bond donors (Lipinski definition) is 1. The molecule has 114 valence electrons. The Bertz CT molecular complexity index is 527. The van der Waals surface area contributed by atoms with E-state index in [0.29, 0.717) is 37.5 Å². The number of likely N-dealkylation sites (tertiary alicyclic amines) is 1. The minimum atomic E-state index is -0.812. The molecule has 1 N–H and O–H groups in total. The lowest BCUT2D eigenvalue weighted by molar-refractivity contribution is 0.0236.